The molecule has 1 aromatic heterocycles. The standard InChI is InChI=1S/C14H11Cl2NOS/c1-9-2-4-11(19-9)5-7-14(18)17-13-6-3-10(15)8-12(13)16/h2-8H,1H3,(H,17,18)/b7-5+. The van der Waals surface area contributed by atoms with Gasteiger partial charge in [-0.25, -0.2) is 0 Å². The van der Waals surface area contributed by atoms with Crippen molar-refractivity contribution in [3.63, 3.8) is 0 Å². The zero-order valence-corrected chi connectivity index (χ0v) is 12.4. The van der Waals surface area contributed by atoms with Crippen LogP contribution in [-0.4, -0.2) is 5.91 Å². The van der Waals surface area contributed by atoms with E-state index in [1.807, 2.05) is 19.1 Å². The smallest absolute Gasteiger partial charge is 0.248 e. The molecule has 0 bridgehead atoms. The van der Waals surface area contributed by atoms with E-state index < -0.39 is 0 Å². The predicted molar refractivity (Wildman–Crippen MR) is 83.2 cm³/mol. The van der Waals surface area contributed by atoms with E-state index in [4.69, 9.17) is 23.2 Å². The molecule has 1 heterocycles. The van der Waals surface area contributed by atoms with Crippen molar-refractivity contribution >= 4 is 52.2 Å². The predicted octanol–water partition coefficient (Wildman–Crippen LogP) is 5.02. The van der Waals surface area contributed by atoms with E-state index in [0.29, 0.717) is 15.7 Å². The number of hydrogen-bond donors (Lipinski definition) is 1. The second-order valence-electron chi connectivity index (χ2n) is 3.90. The lowest BCUT2D eigenvalue weighted by atomic mass is 10.3. The normalized spacial score (nSPS) is 10.9. The van der Waals surface area contributed by atoms with Crippen LogP contribution >= 0.6 is 34.5 Å². The van der Waals surface area contributed by atoms with Gasteiger partial charge in [-0.2, -0.15) is 0 Å². The molecule has 2 rings (SSSR count). The first-order chi connectivity index (χ1) is 9.04. The second-order valence-corrected chi connectivity index (χ2v) is 6.06. The van der Waals surface area contributed by atoms with Crippen LogP contribution in [-0.2, 0) is 4.79 Å². The molecule has 0 radical (unpaired) electrons. The van der Waals surface area contributed by atoms with Crippen molar-refractivity contribution in [2.75, 3.05) is 5.32 Å². The molecule has 1 aromatic carbocycles. The molecule has 0 spiro atoms. The van der Waals surface area contributed by atoms with Gasteiger partial charge in [0, 0.05) is 20.9 Å². The number of carbonyl (C=O) groups is 1. The molecule has 2 aromatic rings. The van der Waals surface area contributed by atoms with Crippen LogP contribution in [0.3, 0.4) is 0 Å². The third kappa shape index (κ3) is 4.10. The van der Waals surface area contributed by atoms with Gasteiger partial charge in [0.15, 0.2) is 0 Å². The summed E-state index contributed by atoms with van der Waals surface area (Å²) < 4.78 is 0. The van der Waals surface area contributed by atoms with Gasteiger partial charge in [0.1, 0.15) is 0 Å². The van der Waals surface area contributed by atoms with E-state index in [2.05, 4.69) is 5.32 Å². The molecule has 0 aliphatic heterocycles. The Morgan fingerprint density at radius 3 is 2.68 bits per heavy atom. The fraction of sp³-hybridized carbons (Fsp3) is 0.0714. The molecular formula is C14H11Cl2NOS. The monoisotopic (exact) mass is 311 g/mol. The number of benzene rings is 1. The van der Waals surface area contributed by atoms with Gasteiger partial charge in [-0.1, -0.05) is 23.2 Å². The Labute approximate surface area is 125 Å². The first-order valence-corrected chi connectivity index (χ1v) is 7.12. The van der Waals surface area contributed by atoms with E-state index in [-0.39, 0.29) is 5.91 Å². The van der Waals surface area contributed by atoms with Crippen molar-refractivity contribution in [2.45, 2.75) is 6.92 Å². The molecule has 19 heavy (non-hydrogen) atoms. The number of halogens is 2. The molecule has 0 saturated carbocycles. The molecule has 1 N–H and O–H groups in total. The van der Waals surface area contributed by atoms with Crippen LogP contribution in [0, 0.1) is 6.92 Å². The molecule has 0 fully saturated rings. The van der Waals surface area contributed by atoms with Gasteiger partial charge in [-0.05, 0) is 43.3 Å². The molecule has 98 valence electrons. The number of hydrogen-bond acceptors (Lipinski definition) is 2. The summed E-state index contributed by atoms with van der Waals surface area (Å²) in [5, 5.41) is 3.66. The number of thiophene rings is 1. The van der Waals surface area contributed by atoms with E-state index in [1.165, 1.54) is 11.0 Å². The van der Waals surface area contributed by atoms with Crippen LogP contribution in [0.1, 0.15) is 9.75 Å². The Hall–Kier alpha value is -1.29. The fourth-order valence-electron chi connectivity index (χ4n) is 1.47. The molecular weight excluding hydrogens is 301 g/mol. The Bertz CT molecular complexity index is 634. The minimum atomic E-state index is -0.227. The zero-order chi connectivity index (χ0) is 13.8. The van der Waals surface area contributed by atoms with Gasteiger partial charge in [0.25, 0.3) is 0 Å². The maximum absolute atomic E-state index is 11.7. The highest BCUT2D eigenvalue weighted by atomic mass is 35.5. The summed E-state index contributed by atoms with van der Waals surface area (Å²) in [6.07, 6.45) is 3.26. The summed E-state index contributed by atoms with van der Waals surface area (Å²) in [7, 11) is 0. The maximum atomic E-state index is 11.7. The molecule has 2 nitrogen and oxygen atoms in total. The Kier molecular flexibility index (Phi) is 4.64. The van der Waals surface area contributed by atoms with Crippen LogP contribution in [0.15, 0.2) is 36.4 Å². The lowest BCUT2D eigenvalue weighted by Crippen LogP contribution is -2.07. The fourth-order valence-corrected chi connectivity index (χ4v) is 2.70. The minimum absolute atomic E-state index is 0.227. The summed E-state index contributed by atoms with van der Waals surface area (Å²) >= 11 is 13.4. The molecule has 1 amide bonds. The average molecular weight is 312 g/mol. The van der Waals surface area contributed by atoms with Crippen molar-refractivity contribution in [2.24, 2.45) is 0 Å². The first kappa shape index (κ1) is 14.1. The second kappa shape index (κ2) is 6.24. The van der Waals surface area contributed by atoms with E-state index in [0.717, 1.165) is 4.88 Å². The Morgan fingerprint density at radius 1 is 1.26 bits per heavy atom. The van der Waals surface area contributed by atoms with Crippen molar-refractivity contribution in [3.05, 3.63) is 56.2 Å². The van der Waals surface area contributed by atoms with Crippen molar-refractivity contribution in [3.8, 4) is 0 Å². The van der Waals surface area contributed by atoms with Gasteiger partial charge >= 0.3 is 0 Å². The van der Waals surface area contributed by atoms with Crippen LogP contribution in [0.2, 0.25) is 10.0 Å². The van der Waals surface area contributed by atoms with E-state index in [9.17, 15) is 4.79 Å². The Morgan fingerprint density at radius 2 is 2.05 bits per heavy atom. The van der Waals surface area contributed by atoms with Gasteiger partial charge in [0.2, 0.25) is 5.91 Å². The summed E-state index contributed by atoms with van der Waals surface area (Å²) in [6, 6.07) is 8.92. The van der Waals surface area contributed by atoms with Crippen LogP contribution in [0.25, 0.3) is 6.08 Å². The number of nitrogens with one attached hydrogen (secondary N) is 1. The van der Waals surface area contributed by atoms with Gasteiger partial charge in [0.05, 0.1) is 10.7 Å². The van der Waals surface area contributed by atoms with Gasteiger partial charge < -0.3 is 5.32 Å². The van der Waals surface area contributed by atoms with Crippen molar-refractivity contribution < 1.29 is 4.79 Å². The summed E-state index contributed by atoms with van der Waals surface area (Å²) in [6.45, 7) is 2.02. The van der Waals surface area contributed by atoms with Crippen molar-refractivity contribution in [1.29, 1.82) is 0 Å². The zero-order valence-electron chi connectivity index (χ0n) is 10.1. The average Bonchev–Trinajstić information content (AvgIpc) is 2.76. The molecule has 0 aliphatic carbocycles. The lowest BCUT2D eigenvalue weighted by molar-refractivity contribution is -0.111. The molecule has 0 atom stereocenters. The number of rotatable bonds is 3. The third-order valence-electron chi connectivity index (χ3n) is 2.35. The highest BCUT2D eigenvalue weighted by Crippen LogP contribution is 2.25. The van der Waals surface area contributed by atoms with E-state index in [1.54, 1.807) is 35.6 Å². The van der Waals surface area contributed by atoms with Crippen LogP contribution in [0.5, 0.6) is 0 Å². The highest BCUT2D eigenvalue weighted by molar-refractivity contribution is 7.12. The first-order valence-electron chi connectivity index (χ1n) is 5.55. The topological polar surface area (TPSA) is 29.1 Å². The minimum Gasteiger partial charge on any atom is -0.321 e. The summed E-state index contributed by atoms with van der Waals surface area (Å²) in [5.74, 6) is -0.227. The molecule has 0 aliphatic rings. The summed E-state index contributed by atoms with van der Waals surface area (Å²) in [4.78, 5) is 14.0. The quantitative estimate of drug-likeness (QED) is 0.793. The van der Waals surface area contributed by atoms with E-state index >= 15 is 0 Å². The molecule has 0 saturated heterocycles. The SMILES string of the molecule is Cc1ccc(/C=C/C(=O)Nc2ccc(Cl)cc2Cl)s1. The third-order valence-corrected chi connectivity index (χ3v) is 3.86. The number of carbonyl (C=O) groups excluding carboxylic acids is 1. The number of amides is 1. The number of anilines is 1. The maximum Gasteiger partial charge on any atom is 0.248 e. The van der Waals surface area contributed by atoms with Crippen LogP contribution < -0.4 is 5.32 Å². The van der Waals surface area contributed by atoms with Crippen LogP contribution in [0.4, 0.5) is 5.69 Å². The lowest BCUT2D eigenvalue weighted by Gasteiger charge is -2.04. The molecule has 5 heteroatoms. The molecule has 0 unspecified atom stereocenters. The largest absolute Gasteiger partial charge is 0.321 e. The summed E-state index contributed by atoms with van der Waals surface area (Å²) in [5.41, 5.74) is 0.545. The van der Waals surface area contributed by atoms with Crippen molar-refractivity contribution in [1.82, 2.24) is 0 Å². The highest BCUT2D eigenvalue weighted by Gasteiger charge is 2.03. The Balaban J connectivity index is 2.03. The number of aryl methyl sites for hydroxylation is 1. The van der Waals surface area contributed by atoms with Gasteiger partial charge in [-0.3, -0.25) is 4.79 Å². The van der Waals surface area contributed by atoms with Gasteiger partial charge in [-0.15, -0.1) is 11.3 Å².